The summed E-state index contributed by atoms with van der Waals surface area (Å²) in [7, 11) is 3.75. The van der Waals surface area contributed by atoms with Crippen LogP contribution in [-0.2, 0) is 0 Å². The topological polar surface area (TPSA) is 32.7 Å². The van der Waals surface area contributed by atoms with Crippen molar-refractivity contribution in [1.82, 2.24) is 4.90 Å². The smallest absolute Gasteiger partial charge is 0.162 e. The number of allylic oxidation sites excluding steroid dienone is 4. The van der Waals surface area contributed by atoms with Crippen LogP contribution in [0.15, 0.2) is 39.9 Å². The molecule has 0 aromatic rings. The van der Waals surface area contributed by atoms with Crippen molar-refractivity contribution in [2.45, 2.75) is 26.7 Å². The first-order chi connectivity index (χ1) is 9.52. The van der Waals surface area contributed by atoms with Gasteiger partial charge in [0, 0.05) is 38.5 Å². The Kier molecular flexibility index (Phi) is 4.42. The molecule has 0 aromatic heterocycles. The lowest BCUT2D eigenvalue weighted by Gasteiger charge is -2.34. The quantitative estimate of drug-likeness (QED) is 0.574. The first-order valence-electron chi connectivity index (χ1n) is 7.12. The Morgan fingerprint density at radius 1 is 1.30 bits per heavy atom. The molecule has 20 heavy (non-hydrogen) atoms. The SMILES string of the molecule is C=[N+](C)C(C)=C1C=C(N2CCCC2)C=C(C(C)=NC)[N-]1. The minimum Gasteiger partial charge on any atom is -0.651 e. The van der Waals surface area contributed by atoms with Crippen LogP contribution < -0.4 is 0 Å². The van der Waals surface area contributed by atoms with Crippen LogP contribution >= 0.6 is 0 Å². The van der Waals surface area contributed by atoms with Gasteiger partial charge in [-0.1, -0.05) is 11.8 Å². The molecule has 0 bridgehead atoms. The molecule has 1 saturated heterocycles. The highest BCUT2D eigenvalue weighted by molar-refractivity contribution is 6.02. The Balaban J connectivity index is 2.41. The lowest BCUT2D eigenvalue weighted by atomic mass is 10.1. The summed E-state index contributed by atoms with van der Waals surface area (Å²) in [6.45, 7) is 10.3. The standard InChI is InChI=1S/C16H24N4/c1-12(17-3)15-10-14(20-8-6-7-9-20)11-16(18-15)13(2)19(4)5/h10-11H,4,6-9H2,1-3,5H3. The van der Waals surface area contributed by atoms with Crippen LogP contribution in [0.2, 0.25) is 0 Å². The maximum absolute atomic E-state index is 4.72. The number of nitrogens with zero attached hydrogens (tertiary/aromatic N) is 4. The van der Waals surface area contributed by atoms with E-state index in [4.69, 9.17) is 5.32 Å². The van der Waals surface area contributed by atoms with Gasteiger partial charge in [-0.05, 0) is 25.8 Å². The molecule has 2 aliphatic heterocycles. The fourth-order valence-corrected chi connectivity index (χ4v) is 2.35. The minimum absolute atomic E-state index is 0.952. The van der Waals surface area contributed by atoms with E-state index in [1.54, 1.807) is 0 Å². The van der Waals surface area contributed by atoms with E-state index < -0.39 is 0 Å². The number of hydrogen-bond acceptors (Lipinski definition) is 2. The van der Waals surface area contributed by atoms with Gasteiger partial charge >= 0.3 is 0 Å². The number of aliphatic imine (C=N–C) groups is 1. The highest BCUT2D eigenvalue weighted by Crippen LogP contribution is 2.31. The fraction of sp³-hybridized carbons (Fsp3) is 0.500. The van der Waals surface area contributed by atoms with Crippen LogP contribution in [0.5, 0.6) is 0 Å². The van der Waals surface area contributed by atoms with Gasteiger partial charge in [0.25, 0.3) is 0 Å². The Hall–Kier alpha value is -1.84. The van der Waals surface area contributed by atoms with Gasteiger partial charge in [-0.15, -0.1) is 5.70 Å². The van der Waals surface area contributed by atoms with Crippen molar-refractivity contribution in [3.63, 3.8) is 0 Å². The highest BCUT2D eigenvalue weighted by Gasteiger charge is 2.16. The second-order valence-electron chi connectivity index (χ2n) is 5.38. The monoisotopic (exact) mass is 272 g/mol. The zero-order valence-corrected chi connectivity index (χ0v) is 13.0. The molecule has 4 heteroatoms. The van der Waals surface area contributed by atoms with Crippen LogP contribution in [0, 0.1) is 0 Å². The molecule has 0 amide bonds. The van der Waals surface area contributed by atoms with Crippen molar-refractivity contribution < 1.29 is 4.58 Å². The lowest BCUT2D eigenvalue weighted by Crippen LogP contribution is -2.20. The van der Waals surface area contributed by atoms with Crippen LogP contribution in [0.3, 0.4) is 0 Å². The summed E-state index contributed by atoms with van der Waals surface area (Å²) in [5.41, 5.74) is 5.20. The zero-order chi connectivity index (χ0) is 14.7. The summed E-state index contributed by atoms with van der Waals surface area (Å²) in [6, 6.07) is 0. The third kappa shape index (κ3) is 3.00. The molecule has 108 valence electrons. The van der Waals surface area contributed by atoms with Crippen molar-refractivity contribution in [1.29, 1.82) is 0 Å². The molecule has 0 atom stereocenters. The van der Waals surface area contributed by atoms with Crippen molar-refractivity contribution in [2.24, 2.45) is 4.99 Å². The lowest BCUT2D eigenvalue weighted by molar-refractivity contribution is -0.434. The average molecular weight is 272 g/mol. The number of hydrogen-bond donors (Lipinski definition) is 0. The summed E-state index contributed by atoms with van der Waals surface area (Å²) < 4.78 is 1.86. The summed E-state index contributed by atoms with van der Waals surface area (Å²) in [5.74, 6) is 0. The normalized spacial score (nSPS) is 22.2. The molecule has 2 rings (SSSR count). The van der Waals surface area contributed by atoms with Crippen molar-refractivity contribution in [3.05, 3.63) is 40.3 Å². The predicted octanol–water partition coefficient (Wildman–Crippen LogP) is 2.90. The molecule has 0 aromatic carbocycles. The summed E-state index contributed by atoms with van der Waals surface area (Å²) in [5, 5.41) is 4.72. The van der Waals surface area contributed by atoms with Crippen LogP contribution in [0.25, 0.3) is 5.32 Å². The van der Waals surface area contributed by atoms with E-state index in [1.165, 1.54) is 18.5 Å². The molecule has 0 saturated carbocycles. The molecule has 0 unspecified atom stereocenters. The van der Waals surface area contributed by atoms with Gasteiger partial charge in [0.2, 0.25) is 0 Å². The average Bonchev–Trinajstić information content (AvgIpc) is 2.99. The van der Waals surface area contributed by atoms with E-state index >= 15 is 0 Å². The Labute approximate surface area is 121 Å². The predicted molar refractivity (Wildman–Crippen MR) is 85.4 cm³/mol. The molecule has 0 N–H and O–H groups in total. The molecule has 0 radical (unpaired) electrons. The third-order valence-corrected chi connectivity index (χ3v) is 3.93. The molecular weight excluding hydrogens is 248 g/mol. The van der Waals surface area contributed by atoms with Gasteiger partial charge in [-0.3, -0.25) is 4.99 Å². The van der Waals surface area contributed by atoms with Gasteiger partial charge in [-0.2, -0.15) is 0 Å². The van der Waals surface area contributed by atoms with E-state index in [-0.39, 0.29) is 0 Å². The maximum Gasteiger partial charge on any atom is 0.162 e. The summed E-state index contributed by atoms with van der Waals surface area (Å²) in [6.07, 6.45) is 6.85. The number of rotatable bonds is 3. The van der Waals surface area contributed by atoms with Crippen molar-refractivity contribution >= 4 is 12.4 Å². The van der Waals surface area contributed by atoms with Crippen molar-refractivity contribution in [2.75, 3.05) is 27.2 Å². The molecule has 2 aliphatic rings. The van der Waals surface area contributed by atoms with Crippen LogP contribution in [0.1, 0.15) is 26.7 Å². The summed E-state index contributed by atoms with van der Waals surface area (Å²) >= 11 is 0. The van der Waals surface area contributed by atoms with Crippen LogP contribution in [-0.4, -0.2) is 49.1 Å². The van der Waals surface area contributed by atoms with Gasteiger partial charge in [0.05, 0.1) is 0 Å². The summed E-state index contributed by atoms with van der Waals surface area (Å²) in [4.78, 5) is 6.69. The largest absolute Gasteiger partial charge is 0.651 e. The first-order valence-corrected chi connectivity index (χ1v) is 7.12. The third-order valence-electron chi connectivity index (χ3n) is 3.93. The van der Waals surface area contributed by atoms with Crippen molar-refractivity contribution in [3.8, 4) is 0 Å². The van der Waals surface area contributed by atoms with Gasteiger partial charge in [-0.25, -0.2) is 4.58 Å². The van der Waals surface area contributed by atoms with E-state index in [2.05, 4.69) is 28.8 Å². The van der Waals surface area contributed by atoms with Gasteiger partial charge in [0.15, 0.2) is 5.70 Å². The molecule has 0 aliphatic carbocycles. The Morgan fingerprint density at radius 2 is 1.95 bits per heavy atom. The minimum atomic E-state index is 0.952. The fourth-order valence-electron chi connectivity index (χ4n) is 2.35. The maximum atomic E-state index is 4.72. The zero-order valence-electron chi connectivity index (χ0n) is 13.0. The first kappa shape index (κ1) is 14.6. The molecular formula is C16H24N4. The van der Waals surface area contributed by atoms with E-state index in [0.29, 0.717) is 0 Å². The molecule has 4 nitrogen and oxygen atoms in total. The van der Waals surface area contributed by atoms with Gasteiger partial charge < -0.3 is 10.2 Å². The second kappa shape index (κ2) is 6.07. The number of likely N-dealkylation sites (tertiary alicyclic amines) is 1. The van der Waals surface area contributed by atoms with E-state index in [1.807, 2.05) is 32.5 Å². The molecule has 1 fully saturated rings. The van der Waals surface area contributed by atoms with E-state index in [0.717, 1.165) is 35.9 Å². The van der Waals surface area contributed by atoms with Gasteiger partial charge in [0.1, 0.15) is 13.8 Å². The van der Waals surface area contributed by atoms with Crippen LogP contribution in [0.4, 0.5) is 0 Å². The highest BCUT2D eigenvalue weighted by atomic mass is 15.2. The second-order valence-corrected chi connectivity index (χ2v) is 5.38. The Morgan fingerprint density at radius 3 is 2.50 bits per heavy atom. The molecule has 2 heterocycles. The van der Waals surface area contributed by atoms with E-state index in [9.17, 15) is 0 Å². The Bertz CT molecular complexity index is 529. The molecule has 0 spiro atoms.